The third kappa shape index (κ3) is 3.23. The Morgan fingerprint density at radius 2 is 2.07 bits per heavy atom. The van der Waals surface area contributed by atoms with Gasteiger partial charge in [0, 0.05) is 5.41 Å². The maximum atomic E-state index is 11.6. The molecular formula is C11H16N2O2. The van der Waals surface area contributed by atoms with E-state index in [1.807, 2.05) is 20.8 Å². The van der Waals surface area contributed by atoms with Crippen molar-refractivity contribution in [3.05, 3.63) is 18.3 Å². The minimum Gasteiger partial charge on any atom is -0.495 e. The van der Waals surface area contributed by atoms with E-state index in [2.05, 4.69) is 10.3 Å². The van der Waals surface area contributed by atoms with Crippen molar-refractivity contribution in [2.24, 2.45) is 5.41 Å². The number of rotatable bonds is 2. The van der Waals surface area contributed by atoms with E-state index in [4.69, 9.17) is 4.74 Å². The number of amides is 1. The van der Waals surface area contributed by atoms with E-state index in [9.17, 15) is 4.79 Å². The van der Waals surface area contributed by atoms with E-state index in [0.717, 1.165) is 0 Å². The van der Waals surface area contributed by atoms with Crippen LogP contribution < -0.4 is 10.1 Å². The third-order valence-corrected chi connectivity index (χ3v) is 1.89. The molecule has 4 nitrogen and oxygen atoms in total. The van der Waals surface area contributed by atoms with Crippen LogP contribution in [0, 0.1) is 5.41 Å². The van der Waals surface area contributed by atoms with Crippen molar-refractivity contribution in [2.75, 3.05) is 12.4 Å². The zero-order valence-electron chi connectivity index (χ0n) is 9.50. The monoisotopic (exact) mass is 208 g/mol. The molecule has 0 unspecified atom stereocenters. The average Bonchev–Trinajstić information content (AvgIpc) is 2.17. The number of pyridine rings is 1. The van der Waals surface area contributed by atoms with Crippen molar-refractivity contribution in [3.63, 3.8) is 0 Å². The fourth-order valence-corrected chi connectivity index (χ4v) is 0.879. The quantitative estimate of drug-likeness (QED) is 0.809. The Morgan fingerprint density at radius 1 is 1.40 bits per heavy atom. The molecule has 1 aromatic rings. The molecule has 4 heteroatoms. The molecule has 0 atom stereocenters. The van der Waals surface area contributed by atoms with E-state index >= 15 is 0 Å². The van der Waals surface area contributed by atoms with Gasteiger partial charge in [-0.1, -0.05) is 20.8 Å². The molecule has 0 aromatic carbocycles. The molecule has 0 radical (unpaired) electrons. The number of anilines is 1. The molecule has 15 heavy (non-hydrogen) atoms. The Bertz CT molecular complexity index is 339. The van der Waals surface area contributed by atoms with Crippen LogP contribution in [0.15, 0.2) is 18.3 Å². The van der Waals surface area contributed by atoms with E-state index in [1.165, 1.54) is 0 Å². The SMILES string of the molecule is COc1ccc(NC(=O)C(C)(C)C)nc1. The molecule has 0 saturated heterocycles. The number of methoxy groups -OCH3 is 1. The summed E-state index contributed by atoms with van der Waals surface area (Å²) in [4.78, 5) is 15.7. The lowest BCUT2D eigenvalue weighted by Gasteiger charge is -2.17. The first-order valence-corrected chi connectivity index (χ1v) is 4.75. The largest absolute Gasteiger partial charge is 0.495 e. The summed E-state index contributed by atoms with van der Waals surface area (Å²) in [7, 11) is 1.57. The number of hydrogen-bond acceptors (Lipinski definition) is 3. The summed E-state index contributed by atoms with van der Waals surface area (Å²) in [5.41, 5.74) is -0.415. The minimum absolute atomic E-state index is 0.0554. The van der Waals surface area contributed by atoms with Crippen LogP contribution in [0.3, 0.4) is 0 Å². The molecule has 1 aromatic heterocycles. The number of carbonyl (C=O) groups excluding carboxylic acids is 1. The smallest absolute Gasteiger partial charge is 0.230 e. The summed E-state index contributed by atoms with van der Waals surface area (Å²) in [5, 5.41) is 2.73. The summed E-state index contributed by atoms with van der Waals surface area (Å²) in [6.07, 6.45) is 1.57. The predicted molar refractivity (Wildman–Crippen MR) is 58.9 cm³/mol. The number of nitrogens with one attached hydrogen (secondary N) is 1. The maximum absolute atomic E-state index is 11.6. The van der Waals surface area contributed by atoms with Crippen molar-refractivity contribution in [1.29, 1.82) is 0 Å². The van der Waals surface area contributed by atoms with Gasteiger partial charge in [0.05, 0.1) is 13.3 Å². The van der Waals surface area contributed by atoms with Gasteiger partial charge in [0.15, 0.2) is 0 Å². The van der Waals surface area contributed by atoms with Crippen molar-refractivity contribution >= 4 is 11.7 Å². The third-order valence-electron chi connectivity index (χ3n) is 1.89. The molecule has 1 N–H and O–H groups in total. The lowest BCUT2D eigenvalue weighted by Crippen LogP contribution is -2.27. The second-order valence-corrected chi connectivity index (χ2v) is 4.29. The van der Waals surface area contributed by atoms with Crippen molar-refractivity contribution in [1.82, 2.24) is 4.98 Å². The maximum Gasteiger partial charge on any atom is 0.230 e. The van der Waals surface area contributed by atoms with Crippen LogP contribution in [0.25, 0.3) is 0 Å². The van der Waals surface area contributed by atoms with E-state index in [-0.39, 0.29) is 5.91 Å². The van der Waals surface area contributed by atoms with Crippen LogP contribution >= 0.6 is 0 Å². The number of hydrogen-bond donors (Lipinski definition) is 1. The summed E-state index contributed by atoms with van der Waals surface area (Å²) in [6.45, 7) is 5.56. The molecule has 82 valence electrons. The Morgan fingerprint density at radius 3 is 2.47 bits per heavy atom. The van der Waals surface area contributed by atoms with Gasteiger partial charge in [0.1, 0.15) is 11.6 Å². The van der Waals surface area contributed by atoms with Gasteiger partial charge in [-0.15, -0.1) is 0 Å². The van der Waals surface area contributed by atoms with Crippen molar-refractivity contribution in [3.8, 4) is 5.75 Å². The highest BCUT2D eigenvalue weighted by Crippen LogP contribution is 2.17. The summed E-state index contributed by atoms with van der Waals surface area (Å²) in [5.74, 6) is 1.15. The molecule has 0 aliphatic heterocycles. The summed E-state index contributed by atoms with van der Waals surface area (Å²) < 4.78 is 4.97. The number of ether oxygens (including phenoxy) is 1. The Labute approximate surface area is 89.7 Å². The Kier molecular flexibility index (Phi) is 3.29. The van der Waals surface area contributed by atoms with Gasteiger partial charge < -0.3 is 10.1 Å². The van der Waals surface area contributed by atoms with Gasteiger partial charge >= 0.3 is 0 Å². The molecular weight excluding hydrogens is 192 g/mol. The van der Waals surface area contributed by atoms with E-state index < -0.39 is 5.41 Å². The lowest BCUT2D eigenvalue weighted by molar-refractivity contribution is -0.123. The first-order valence-electron chi connectivity index (χ1n) is 4.75. The highest BCUT2D eigenvalue weighted by molar-refractivity contribution is 5.93. The van der Waals surface area contributed by atoms with Crippen LogP contribution in [-0.2, 0) is 4.79 Å². The first kappa shape index (κ1) is 11.5. The molecule has 0 bridgehead atoms. The standard InChI is InChI=1S/C11H16N2O2/c1-11(2,3)10(14)13-9-6-5-8(15-4)7-12-9/h5-7H,1-4H3,(H,12,13,14). The summed E-state index contributed by atoms with van der Waals surface area (Å²) in [6, 6.07) is 3.47. The van der Waals surface area contributed by atoms with E-state index in [0.29, 0.717) is 11.6 Å². The molecule has 1 heterocycles. The molecule has 1 amide bonds. The first-order chi connectivity index (χ1) is 6.93. The number of carbonyl (C=O) groups is 1. The molecule has 0 saturated carbocycles. The van der Waals surface area contributed by atoms with Gasteiger partial charge in [-0.05, 0) is 12.1 Å². The molecule has 0 fully saturated rings. The minimum atomic E-state index is -0.415. The average molecular weight is 208 g/mol. The fourth-order valence-electron chi connectivity index (χ4n) is 0.879. The molecule has 0 aliphatic carbocycles. The van der Waals surface area contributed by atoms with Crippen molar-refractivity contribution in [2.45, 2.75) is 20.8 Å². The second-order valence-electron chi connectivity index (χ2n) is 4.29. The van der Waals surface area contributed by atoms with Gasteiger partial charge in [-0.2, -0.15) is 0 Å². The number of nitrogens with zero attached hydrogens (tertiary/aromatic N) is 1. The lowest BCUT2D eigenvalue weighted by atomic mass is 9.96. The summed E-state index contributed by atoms with van der Waals surface area (Å²) >= 11 is 0. The highest BCUT2D eigenvalue weighted by Gasteiger charge is 2.21. The zero-order valence-corrected chi connectivity index (χ0v) is 9.50. The predicted octanol–water partition coefficient (Wildman–Crippen LogP) is 2.07. The van der Waals surface area contributed by atoms with Crippen LogP contribution in [-0.4, -0.2) is 18.0 Å². The van der Waals surface area contributed by atoms with Crippen LogP contribution in [0.5, 0.6) is 5.75 Å². The fraction of sp³-hybridized carbons (Fsp3) is 0.455. The Hall–Kier alpha value is -1.58. The normalized spacial score (nSPS) is 10.9. The van der Waals surface area contributed by atoms with Crippen LogP contribution in [0.4, 0.5) is 5.82 Å². The Balaban J connectivity index is 2.70. The van der Waals surface area contributed by atoms with Gasteiger partial charge in [-0.3, -0.25) is 4.79 Å². The van der Waals surface area contributed by atoms with Crippen molar-refractivity contribution < 1.29 is 9.53 Å². The van der Waals surface area contributed by atoms with Gasteiger partial charge in [-0.25, -0.2) is 4.98 Å². The van der Waals surface area contributed by atoms with Crippen LogP contribution in [0.1, 0.15) is 20.8 Å². The second kappa shape index (κ2) is 4.29. The zero-order chi connectivity index (χ0) is 11.5. The highest BCUT2D eigenvalue weighted by atomic mass is 16.5. The number of aromatic nitrogens is 1. The topological polar surface area (TPSA) is 51.2 Å². The molecule has 0 aliphatic rings. The van der Waals surface area contributed by atoms with Gasteiger partial charge in [0.25, 0.3) is 0 Å². The van der Waals surface area contributed by atoms with Crippen LogP contribution in [0.2, 0.25) is 0 Å². The van der Waals surface area contributed by atoms with Gasteiger partial charge in [0.2, 0.25) is 5.91 Å². The molecule has 1 rings (SSSR count). The van der Waals surface area contributed by atoms with E-state index in [1.54, 1.807) is 25.4 Å². The molecule has 0 spiro atoms.